The Labute approximate surface area is 134 Å². The number of piperazine rings is 1. The van der Waals surface area contributed by atoms with Gasteiger partial charge in [0.1, 0.15) is 5.60 Å². The van der Waals surface area contributed by atoms with E-state index in [1.54, 1.807) is 4.90 Å². The normalized spacial score (nSPS) is 17.6. The van der Waals surface area contributed by atoms with Crippen LogP contribution in [0.5, 0.6) is 0 Å². The van der Waals surface area contributed by atoms with E-state index in [4.69, 9.17) is 4.74 Å². The maximum absolute atomic E-state index is 12.0. The second-order valence-corrected chi connectivity index (χ2v) is 7.81. The number of aliphatic hydroxyl groups excluding tert-OH is 1. The summed E-state index contributed by atoms with van der Waals surface area (Å²) in [5.41, 5.74) is -0.507. The molecular weight excluding hydrogens is 282 g/mol. The summed E-state index contributed by atoms with van der Waals surface area (Å²) in [6, 6.07) is 0. The highest BCUT2D eigenvalue weighted by atomic mass is 16.6. The molecule has 0 atom stereocenters. The standard InChI is InChI=1S/C16H33N3O3/c1-15(2,3)22-14(21)19-10-8-18(9-11-19)7-6-17-12-16(4,5)13-20/h17,20H,6-13H2,1-5H3. The second kappa shape index (κ2) is 8.13. The Morgan fingerprint density at radius 1 is 1.14 bits per heavy atom. The van der Waals surface area contributed by atoms with Gasteiger partial charge in [-0.1, -0.05) is 13.8 Å². The zero-order valence-electron chi connectivity index (χ0n) is 14.8. The Morgan fingerprint density at radius 2 is 1.73 bits per heavy atom. The first-order chi connectivity index (χ1) is 10.1. The van der Waals surface area contributed by atoms with Crippen LogP contribution < -0.4 is 5.32 Å². The molecular formula is C16H33N3O3. The van der Waals surface area contributed by atoms with Gasteiger partial charge in [-0.3, -0.25) is 4.90 Å². The van der Waals surface area contributed by atoms with Crippen LogP contribution >= 0.6 is 0 Å². The zero-order valence-corrected chi connectivity index (χ0v) is 14.8. The summed E-state index contributed by atoms with van der Waals surface area (Å²) in [7, 11) is 0. The molecule has 0 unspecified atom stereocenters. The van der Waals surface area contributed by atoms with Crippen molar-refractivity contribution < 1.29 is 14.6 Å². The third kappa shape index (κ3) is 7.42. The van der Waals surface area contributed by atoms with Gasteiger partial charge in [-0.2, -0.15) is 0 Å². The second-order valence-electron chi connectivity index (χ2n) is 7.81. The molecule has 0 aliphatic carbocycles. The van der Waals surface area contributed by atoms with Gasteiger partial charge in [-0.15, -0.1) is 0 Å². The number of carbonyl (C=O) groups excluding carboxylic acids is 1. The van der Waals surface area contributed by atoms with Crippen molar-refractivity contribution in [3.8, 4) is 0 Å². The average molecular weight is 315 g/mol. The zero-order chi connectivity index (χ0) is 16.8. The lowest BCUT2D eigenvalue weighted by atomic mass is 9.95. The molecule has 6 nitrogen and oxygen atoms in total. The van der Waals surface area contributed by atoms with E-state index < -0.39 is 5.60 Å². The van der Waals surface area contributed by atoms with Crippen molar-refractivity contribution in [2.24, 2.45) is 5.41 Å². The summed E-state index contributed by atoms with van der Waals surface area (Å²) in [5.74, 6) is 0. The van der Waals surface area contributed by atoms with Crippen molar-refractivity contribution in [1.29, 1.82) is 0 Å². The van der Waals surface area contributed by atoms with E-state index in [1.165, 1.54) is 0 Å². The lowest BCUT2D eigenvalue weighted by Gasteiger charge is -2.35. The fourth-order valence-electron chi connectivity index (χ4n) is 2.20. The average Bonchev–Trinajstić information content (AvgIpc) is 2.42. The van der Waals surface area contributed by atoms with Gasteiger partial charge in [0.15, 0.2) is 0 Å². The van der Waals surface area contributed by atoms with Crippen molar-refractivity contribution >= 4 is 6.09 Å². The molecule has 22 heavy (non-hydrogen) atoms. The van der Waals surface area contributed by atoms with Crippen LogP contribution in [-0.4, -0.2) is 79.0 Å². The summed E-state index contributed by atoms with van der Waals surface area (Å²) in [6.45, 7) is 15.8. The van der Waals surface area contributed by atoms with Crippen LogP contribution in [0.15, 0.2) is 0 Å². The van der Waals surface area contributed by atoms with E-state index in [-0.39, 0.29) is 18.1 Å². The van der Waals surface area contributed by atoms with Gasteiger partial charge in [0, 0.05) is 57.8 Å². The molecule has 6 heteroatoms. The SMILES string of the molecule is CC(C)(CO)CNCCN1CCN(C(=O)OC(C)(C)C)CC1. The predicted octanol–water partition coefficient (Wildman–Crippen LogP) is 1.15. The number of hydrogen-bond acceptors (Lipinski definition) is 5. The molecule has 0 spiro atoms. The number of nitrogens with zero attached hydrogens (tertiary/aromatic N) is 2. The molecule has 1 rings (SSSR count). The Bertz CT molecular complexity index is 345. The van der Waals surface area contributed by atoms with Crippen LogP contribution in [0, 0.1) is 5.41 Å². The predicted molar refractivity (Wildman–Crippen MR) is 88.0 cm³/mol. The first-order valence-corrected chi connectivity index (χ1v) is 8.15. The van der Waals surface area contributed by atoms with Crippen molar-refractivity contribution in [2.45, 2.75) is 40.2 Å². The van der Waals surface area contributed by atoms with E-state index in [0.717, 1.165) is 45.8 Å². The topological polar surface area (TPSA) is 65.0 Å². The van der Waals surface area contributed by atoms with E-state index in [2.05, 4.69) is 10.2 Å². The highest BCUT2D eigenvalue weighted by Crippen LogP contribution is 2.12. The Kier molecular flexibility index (Phi) is 7.09. The Balaban J connectivity index is 2.19. The molecule has 1 aliphatic rings. The summed E-state index contributed by atoms with van der Waals surface area (Å²) in [6.07, 6.45) is -0.213. The minimum absolute atomic E-state index is 0.0740. The Morgan fingerprint density at radius 3 is 2.23 bits per heavy atom. The molecule has 0 bridgehead atoms. The minimum Gasteiger partial charge on any atom is -0.444 e. The molecule has 0 aromatic carbocycles. The van der Waals surface area contributed by atoms with Crippen LogP contribution in [-0.2, 0) is 4.74 Å². The largest absolute Gasteiger partial charge is 0.444 e. The first kappa shape index (κ1) is 19.2. The maximum Gasteiger partial charge on any atom is 0.410 e. The van der Waals surface area contributed by atoms with Gasteiger partial charge >= 0.3 is 6.09 Å². The molecule has 1 saturated heterocycles. The molecule has 1 amide bonds. The molecule has 1 fully saturated rings. The highest BCUT2D eigenvalue weighted by Gasteiger charge is 2.25. The number of carbonyl (C=O) groups is 1. The van der Waals surface area contributed by atoms with Crippen LogP contribution in [0.25, 0.3) is 0 Å². The summed E-state index contributed by atoms with van der Waals surface area (Å²) < 4.78 is 5.39. The number of nitrogens with one attached hydrogen (secondary N) is 1. The number of amides is 1. The fourth-order valence-corrected chi connectivity index (χ4v) is 2.20. The minimum atomic E-state index is -0.433. The molecule has 2 N–H and O–H groups in total. The van der Waals surface area contributed by atoms with Gasteiger partial charge in [-0.25, -0.2) is 4.79 Å². The van der Waals surface area contributed by atoms with Gasteiger partial charge in [0.25, 0.3) is 0 Å². The molecule has 0 aromatic rings. The molecule has 0 radical (unpaired) electrons. The molecule has 0 saturated carbocycles. The van der Waals surface area contributed by atoms with Gasteiger partial charge in [0.05, 0.1) is 0 Å². The molecule has 1 heterocycles. The van der Waals surface area contributed by atoms with E-state index in [0.29, 0.717) is 0 Å². The van der Waals surface area contributed by atoms with Crippen molar-refractivity contribution in [3.05, 3.63) is 0 Å². The fraction of sp³-hybridized carbons (Fsp3) is 0.938. The monoisotopic (exact) mass is 315 g/mol. The number of aliphatic hydroxyl groups is 1. The van der Waals surface area contributed by atoms with E-state index >= 15 is 0 Å². The third-order valence-corrected chi connectivity index (χ3v) is 3.66. The van der Waals surface area contributed by atoms with Crippen molar-refractivity contribution in [2.75, 3.05) is 52.4 Å². The highest BCUT2D eigenvalue weighted by molar-refractivity contribution is 5.68. The van der Waals surface area contributed by atoms with Crippen LogP contribution in [0.4, 0.5) is 4.79 Å². The van der Waals surface area contributed by atoms with Gasteiger partial charge in [-0.05, 0) is 20.8 Å². The number of hydrogen-bond donors (Lipinski definition) is 2. The summed E-state index contributed by atoms with van der Waals surface area (Å²) in [4.78, 5) is 16.1. The van der Waals surface area contributed by atoms with Crippen LogP contribution in [0.1, 0.15) is 34.6 Å². The third-order valence-electron chi connectivity index (χ3n) is 3.66. The summed E-state index contributed by atoms with van der Waals surface area (Å²) >= 11 is 0. The van der Waals surface area contributed by atoms with Gasteiger partial charge in [0.2, 0.25) is 0 Å². The van der Waals surface area contributed by atoms with Crippen molar-refractivity contribution in [1.82, 2.24) is 15.1 Å². The van der Waals surface area contributed by atoms with Crippen LogP contribution in [0.2, 0.25) is 0 Å². The molecule has 0 aromatic heterocycles. The van der Waals surface area contributed by atoms with Crippen molar-refractivity contribution in [3.63, 3.8) is 0 Å². The maximum atomic E-state index is 12.0. The lowest BCUT2D eigenvalue weighted by Crippen LogP contribution is -2.51. The molecule has 130 valence electrons. The van der Waals surface area contributed by atoms with E-state index in [9.17, 15) is 9.90 Å². The van der Waals surface area contributed by atoms with E-state index in [1.807, 2.05) is 34.6 Å². The number of ether oxygens (including phenoxy) is 1. The first-order valence-electron chi connectivity index (χ1n) is 8.15. The quantitative estimate of drug-likeness (QED) is 0.720. The van der Waals surface area contributed by atoms with Gasteiger partial charge < -0.3 is 20.1 Å². The van der Waals surface area contributed by atoms with Crippen LogP contribution in [0.3, 0.4) is 0 Å². The number of rotatable bonds is 6. The summed E-state index contributed by atoms with van der Waals surface area (Å²) in [5, 5.41) is 12.6. The molecule has 1 aliphatic heterocycles. The Hall–Kier alpha value is -0.850. The smallest absolute Gasteiger partial charge is 0.410 e. The lowest BCUT2D eigenvalue weighted by molar-refractivity contribution is 0.0146.